The fourth-order valence-electron chi connectivity index (χ4n) is 11.0. The minimum Gasteiger partial charge on any atom is -0.380 e. The highest BCUT2D eigenvalue weighted by atomic mass is 31.1. The molecule has 0 saturated heterocycles. The van der Waals surface area contributed by atoms with E-state index in [1.54, 1.807) is 0 Å². The molecule has 0 unspecified atom stereocenters. The van der Waals surface area contributed by atoms with Crippen LogP contribution in [0, 0.1) is 5.41 Å². The predicted octanol–water partition coefficient (Wildman–Crippen LogP) is 17.9. The molecule has 0 N–H and O–H groups in total. The third-order valence-electron chi connectivity index (χ3n) is 16.3. The maximum Gasteiger partial charge on any atom is 0.0637 e. The standard InChI is InChI=1S/C77H96O4P4/c1-9-25-69(26-10-1)41-53-82(54-42-70-27-11-2-12-28-70)61-49-78-65-77(66-79-50-62-83(55-43-71-29-13-3-14-30-71)56-44-72-31-15-4-16-32-72,67-80-51-63-84(57-45-73-33-17-5-18-34-73)58-46-74-35-19-6-20-36-74)68-81-52-64-85(59-47-75-37-21-7-22-38-75)60-48-76-39-23-8-24-40-76/h1-40H,41-68H2. The van der Waals surface area contributed by atoms with Gasteiger partial charge in [0.2, 0.25) is 0 Å². The zero-order chi connectivity index (χ0) is 58.3. The van der Waals surface area contributed by atoms with Crippen molar-refractivity contribution in [3.63, 3.8) is 0 Å². The molecule has 8 aromatic rings. The lowest BCUT2D eigenvalue weighted by atomic mass is 9.92. The third-order valence-corrected chi connectivity index (χ3v) is 26.4. The molecule has 0 atom stereocenters. The first-order chi connectivity index (χ1) is 42.1. The third kappa shape index (κ3) is 27.5. The van der Waals surface area contributed by atoms with E-state index in [4.69, 9.17) is 18.9 Å². The molecule has 85 heavy (non-hydrogen) atoms. The second-order valence-corrected chi connectivity index (χ2v) is 33.7. The molecule has 0 aliphatic carbocycles. The first-order valence-electron chi connectivity index (χ1n) is 31.6. The van der Waals surface area contributed by atoms with Crippen LogP contribution < -0.4 is 0 Å². The average molecular weight is 1210 g/mol. The Morgan fingerprint density at radius 2 is 0.329 bits per heavy atom. The number of hydrogen-bond donors (Lipinski definition) is 0. The van der Waals surface area contributed by atoms with Crippen molar-refractivity contribution < 1.29 is 18.9 Å². The van der Waals surface area contributed by atoms with Gasteiger partial charge in [0.25, 0.3) is 0 Å². The molecule has 0 aliphatic heterocycles. The van der Waals surface area contributed by atoms with Crippen molar-refractivity contribution in [2.24, 2.45) is 5.41 Å². The van der Waals surface area contributed by atoms with Crippen molar-refractivity contribution >= 4 is 31.7 Å². The molecular formula is C77H96O4P4. The van der Waals surface area contributed by atoms with Crippen molar-refractivity contribution in [1.82, 2.24) is 0 Å². The molecule has 0 aromatic heterocycles. The molecule has 0 saturated carbocycles. The Bertz CT molecular complexity index is 2300. The van der Waals surface area contributed by atoms with E-state index in [-0.39, 0.29) is 31.7 Å². The normalized spacial score (nSPS) is 11.8. The van der Waals surface area contributed by atoms with Crippen molar-refractivity contribution in [3.05, 3.63) is 287 Å². The molecule has 4 nitrogen and oxygen atoms in total. The minimum atomic E-state index is -0.457. The number of hydrogen-bond acceptors (Lipinski definition) is 4. The van der Waals surface area contributed by atoms with Gasteiger partial charge < -0.3 is 18.9 Å². The minimum absolute atomic E-state index is 0.255. The van der Waals surface area contributed by atoms with Crippen molar-refractivity contribution in [2.45, 2.75) is 51.4 Å². The lowest BCUT2D eigenvalue weighted by Gasteiger charge is -2.34. The van der Waals surface area contributed by atoms with Crippen LogP contribution >= 0.6 is 31.7 Å². The van der Waals surface area contributed by atoms with Crippen LogP contribution in [0.5, 0.6) is 0 Å². The quantitative estimate of drug-likeness (QED) is 0.0282. The summed E-state index contributed by atoms with van der Waals surface area (Å²) in [4.78, 5) is 0. The second-order valence-electron chi connectivity index (χ2n) is 23.0. The largest absolute Gasteiger partial charge is 0.380 e. The van der Waals surface area contributed by atoms with Crippen molar-refractivity contribution in [3.8, 4) is 0 Å². The van der Waals surface area contributed by atoms with Gasteiger partial charge in [0.15, 0.2) is 0 Å². The summed E-state index contributed by atoms with van der Waals surface area (Å²) >= 11 is 0. The fraction of sp³-hybridized carbons (Fsp3) is 0.377. The molecule has 0 radical (unpaired) electrons. The van der Waals surface area contributed by atoms with Gasteiger partial charge in [0.1, 0.15) is 0 Å². The van der Waals surface area contributed by atoms with Crippen LogP contribution in [0.25, 0.3) is 0 Å². The molecule has 8 rings (SSSR count). The van der Waals surface area contributed by atoms with E-state index >= 15 is 0 Å². The highest BCUT2D eigenvalue weighted by molar-refractivity contribution is 7.58. The summed E-state index contributed by atoms with van der Waals surface area (Å²) < 4.78 is 28.3. The monoisotopic (exact) mass is 1210 g/mol. The van der Waals surface area contributed by atoms with Gasteiger partial charge in [-0.05, 0) is 170 Å². The average Bonchev–Trinajstić information content (AvgIpc) is 3.60. The Hall–Kier alpha value is -4.68. The Labute approximate surface area is 518 Å². The van der Waals surface area contributed by atoms with Crippen LogP contribution in [0.4, 0.5) is 0 Å². The number of rotatable bonds is 44. The second kappa shape index (κ2) is 40.7. The molecule has 448 valence electrons. The van der Waals surface area contributed by atoms with E-state index in [0.717, 1.165) is 102 Å². The van der Waals surface area contributed by atoms with E-state index in [2.05, 4.69) is 243 Å². The van der Waals surface area contributed by atoms with E-state index in [1.165, 1.54) is 93.8 Å². The topological polar surface area (TPSA) is 36.9 Å². The highest BCUT2D eigenvalue weighted by Gasteiger charge is 2.33. The molecule has 0 heterocycles. The molecule has 8 aromatic carbocycles. The van der Waals surface area contributed by atoms with E-state index in [1.807, 2.05) is 0 Å². The Balaban J connectivity index is 0.992. The smallest absolute Gasteiger partial charge is 0.0637 e. The van der Waals surface area contributed by atoms with Crippen LogP contribution in [-0.4, -0.2) is 127 Å². The van der Waals surface area contributed by atoms with Crippen LogP contribution in [0.2, 0.25) is 0 Å². The van der Waals surface area contributed by atoms with Crippen LogP contribution in [0.3, 0.4) is 0 Å². The highest BCUT2D eigenvalue weighted by Crippen LogP contribution is 2.41. The summed E-state index contributed by atoms with van der Waals surface area (Å²) in [5.41, 5.74) is 11.0. The van der Waals surface area contributed by atoms with Crippen LogP contribution in [0.1, 0.15) is 44.5 Å². The molecule has 0 bridgehead atoms. The predicted molar refractivity (Wildman–Crippen MR) is 373 cm³/mol. The van der Waals surface area contributed by atoms with Gasteiger partial charge >= 0.3 is 0 Å². The molecule has 0 amide bonds. The first-order valence-corrected chi connectivity index (χ1v) is 39.2. The Kier molecular flexibility index (Phi) is 31.7. The molecule has 0 fully saturated rings. The summed E-state index contributed by atoms with van der Waals surface area (Å²) in [6.07, 6.45) is 22.9. The summed E-state index contributed by atoms with van der Waals surface area (Å²) in [5, 5.41) is 0. The summed E-state index contributed by atoms with van der Waals surface area (Å²) in [7, 11) is -1.02. The summed E-state index contributed by atoms with van der Waals surface area (Å²) in [6.45, 7) is 5.14. The molecule has 8 heteroatoms. The molecule has 0 aliphatic rings. The maximum atomic E-state index is 7.08. The van der Waals surface area contributed by atoms with Crippen LogP contribution in [-0.2, 0) is 70.3 Å². The lowest BCUT2D eigenvalue weighted by Crippen LogP contribution is -2.42. The number of aryl methyl sites for hydroxylation is 8. The van der Waals surface area contributed by atoms with Gasteiger partial charge in [-0.15, -0.1) is 31.7 Å². The summed E-state index contributed by atoms with van der Waals surface area (Å²) in [6, 6.07) is 88.6. The van der Waals surface area contributed by atoms with Gasteiger partial charge in [-0.3, -0.25) is 0 Å². The SMILES string of the molecule is c1ccc(CCP(CCOCC(COCCP(CCc2ccccc2)CCc2ccccc2)(COCCP(CCc2ccccc2)CCc2ccccc2)COCCP(CCc2ccccc2)CCc2ccccc2)CCc2ccccc2)cc1. The van der Waals surface area contributed by atoms with Gasteiger partial charge in [0, 0.05) is 0 Å². The first kappa shape index (κ1) is 66.3. The maximum absolute atomic E-state index is 7.08. The van der Waals surface area contributed by atoms with Gasteiger partial charge in [-0.2, -0.15) is 0 Å². The van der Waals surface area contributed by atoms with Crippen molar-refractivity contribution in [1.29, 1.82) is 0 Å². The molecular weight excluding hydrogens is 1110 g/mol. The van der Waals surface area contributed by atoms with E-state index in [0.29, 0.717) is 26.4 Å². The van der Waals surface area contributed by atoms with Crippen molar-refractivity contribution in [2.75, 3.05) is 127 Å². The Morgan fingerprint density at radius 3 is 0.471 bits per heavy atom. The van der Waals surface area contributed by atoms with Gasteiger partial charge in [-0.25, -0.2) is 0 Å². The zero-order valence-corrected chi connectivity index (χ0v) is 54.4. The van der Waals surface area contributed by atoms with E-state index < -0.39 is 5.41 Å². The number of ether oxygens (including phenoxy) is 4. The summed E-state index contributed by atoms with van der Waals surface area (Å²) in [5.74, 6) is 0. The zero-order valence-electron chi connectivity index (χ0n) is 50.8. The van der Waals surface area contributed by atoms with Gasteiger partial charge in [0.05, 0.1) is 58.3 Å². The fourth-order valence-corrected chi connectivity index (χ4v) is 19.8. The van der Waals surface area contributed by atoms with Crippen LogP contribution in [0.15, 0.2) is 243 Å². The van der Waals surface area contributed by atoms with E-state index in [9.17, 15) is 0 Å². The molecule has 0 spiro atoms. The van der Waals surface area contributed by atoms with Gasteiger partial charge in [-0.1, -0.05) is 243 Å². The Morgan fingerprint density at radius 1 is 0.188 bits per heavy atom. The lowest BCUT2D eigenvalue weighted by molar-refractivity contribution is -0.100. The number of benzene rings is 8.